The van der Waals surface area contributed by atoms with Crippen molar-refractivity contribution >= 4 is 29.1 Å². The first-order valence-electron chi connectivity index (χ1n) is 7.03. The van der Waals surface area contributed by atoms with E-state index < -0.39 is 18.9 Å². The Balaban J connectivity index is 1.89. The van der Waals surface area contributed by atoms with Gasteiger partial charge in [-0.1, -0.05) is 41.4 Å². The molecule has 0 radical (unpaired) electrons. The molecule has 1 aliphatic rings. The summed E-state index contributed by atoms with van der Waals surface area (Å²) in [6, 6.07) is 7.25. The van der Waals surface area contributed by atoms with Crippen molar-refractivity contribution in [1.82, 2.24) is 14.7 Å². The monoisotopic (exact) mass is 359 g/mol. The van der Waals surface area contributed by atoms with Gasteiger partial charge in [-0.15, -0.1) is 0 Å². The smallest absolute Gasteiger partial charge is 0.274 e. The van der Waals surface area contributed by atoms with Crippen molar-refractivity contribution < 1.29 is 13.6 Å². The summed E-state index contributed by atoms with van der Waals surface area (Å²) < 4.78 is 26.5. The fraction of sp³-hybridized carbons (Fsp3) is 0.333. The summed E-state index contributed by atoms with van der Waals surface area (Å²) in [4.78, 5) is 13.4. The number of halogens is 4. The molecule has 3 rings (SSSR count). The van der Waals surface area contributed by atoms with Crippen LogP contribution >= 0.6 is 23.2 Å². The minimum Gasteiger partial charge on any atom is -0.331 e. The molecule has 0 unspecified atom stereocenters. The molecule has 1 aromatic heterocycles. The minimum absolute atomic E-state index is 0.147. The number of rotatable bonds is 4. The average Bonchev–Trinajstić information content (AvgIpc) is 2.82. The van der Waals surface area contributed by atoms with Crippen LogP contribution in [0.4, 0.5) is 8.78 Å². The van der Waals surface area contributed by atoms with E-state index in [4.69, 9.17) is 23.2 Å². The average molecular weight is 360 g/mol. The van der Waals surface area contributed by atoms with Gasteiger partial charge in [0.2, 0.25) is 0 Å². The molecule has 0 N–H and O–H groups in total. The Morgan fingerprint density at radius 1 is 1.26 bits per heavy atom. The molecule has 0 fully saturated rings. The van der Waals surface area contributed by atoms with E-state index in [0.717, 1.165) is 10.5 Å². The van der Waals surface area contributed by atoms with Crippen LogP contribution in [0.25, 0.3) is 0 Å². The van der Waals surface area contributed by atoms with E-state index in [2.05, 4.69) is 5.10 Å². The molecule has 1 aromatic carbocycles. The largest absolute Gasteiger partial charge is 0.331 e. The molecule has 0 saturated carbocycles. The first-order valence-corrected chi connectivity index (χ1v) is 7.79. The number of carbonyl (C=O) groups is 1. The van der Waals surface area contributed by atoms with E-state index >= 15 is 0 Å². The normalized spacial score (nSPS) is 14.5. The molecule has 4 nitrogen and oxygen atoms in total. The number of amides is 1. The molecule has 0 saturated heterocycles. The van der Waals surface area contributed by atoms with E-state index in [0.29, 0.717) is 28.7 Å². The summed E-state index contributed by atoms with van der Waals surface area (Å²) in [5.41, 5.74) is 1.57. The highest BCUT2D eigenvalue weighted by atomic mass is 35.5. The van der Waals surface area contributed by atoms with Crippen molar-refractivity contribution in [3.63, 3.8) is 0 Å². The van der Waals surface area contributed by atoms with Gasteiger partial charge in [0.1, 0.15) is 5.15 Å². The lowest BCUT2D eigenvalue weighted by Gasteiger charge is -2.25. The van der Waals surface area contributed by atoms with Gasteiger partial charge in [-0.25, -0.2) is 13.5 Å². The molecule has 1 aliphatic heterocycles. The molecular formula is C15H13Cl2F2N3O. The summed E-state index contributed by atoms with van der Waals surface area (Å²) in [6.07, 6.45) is -2.16. The molecular weight excluding hydrogens is 347 g/mol. The fourth-order valence-electron chi connectivity index (χ4n) is 2.60. The first-order chi connectivity index (χ1) is 11.0. The summed E-state index contributed by atoms with van der Waals surface area (Å²) in [6.45, 7) is -0.0609. The van der Waals surface area contributed by atoms with Crippen molar-refractivity contribution in [3.05, 3.63) is 51.3 Å². The lowest BCUT2D eigenvalue weighted by Crippen LogP contribution is -2.40. The molecule has 0 bridgehead atoms. The summed E-state index contributed by atoms with van der Waals surface area (Å²) in [5, 5.41) is 5.14. The molecule has 0 aliphatic carbocycles. The van der Waals surface area contributed by atoms with Gasteiger partial charge >= 0.3 is 0 Å². The van der Waals surface area contributed by atoms with Gasteiger partial charge in [0.25, 0.3) is 12.3 Å². The molecule has 1 amide bonds. The lowest BCUT2D eigenvalue weighted by molar-refractivity contribution is 0.0532. The molecule has 8 heteroatoms. The van der Waals surface area contributed by atoms with Gasteiger partial charge in [0.05, 0.1) is 13.1 Å². The van der Waals surface area contributed by atoms with Gasteiger partial charge in [-0.05, 0) is 18.1 Å². The highest BCUT2D eigenvalue weighted by Gasteiger charge is 2.32. The number of aromatic nitrogens is 2. The minimum atomic E-state index is -2.57. The number of carbonyl (C=O) groups excluding carboxylic acids is 1. The lowest BCUT2D eigenvalue weighted by atomic mass is 10.1. The summed E-state index contributed by atoms with van der Waals surface area (Å²) in [5.74, 6) is -0.508. The van der Waals surface area contributed by atoms with E-state index in [1.165, 1.54) is 4.68 Å². The summed E-state index contributed by atoms with van der Waals surface area (Å²) >= 11 is 12.4. The predicted molar refractivity (Wildman–Crippen MR) is 83.4 cm³/mol. The molecule has 122 valence electrons. The standard InChI is InChI=1S/C15H13Cl2F2N3O/c16-11-4-2-1-3-9(11)7-22-14(17)10-5-6-21(8-12(18)19)15(23)13(10)20-22/h1-4,12H,5-8H2. The Morgan fingerprint density at radius 2 is 2.00 bits per heavy atom. The molecule has 2 heterocycles. The van der Waals surface area contributed by atoms with Crippen LogP contribution in [0.5, 0.6) is 0 Å². The van der Waals surface area contributed by atoms with Crippen molar-refractivity contribution in [3.8, 4) is 0 Å². The Kier molecular flexibility index (Phi) is 4.55. The van der Waals surface area contributed by atoms with E-state index in [1.54, 1.807) is 6.07 Å². The van der Waals surface area contributed by atoms with Crippen LogP contribution in [0, 0.1) is 0 Å². The maximum absolute atomic E-state index is 12.5. The van der Waals surface area contributed by atoms with E-state index in [-0.39, 0.29) is 12.2 Å². The molecule has 2 aromatic rings. The number of alkyl halides is 2. The Labute approximate surface area is 141 Å². The number of hydrogen-bond donors (Lipinski definition) is 0. The second kappa shape index (κ2) is 6.45. The number of nitrogens with zero attached hydrogens (tertiary/aromatic N) is 3. The fourth-order valence-corrected chi connectivity index (χ4v) is 3.08. The number of fused-ring (bicyclic) bond motifs is 1. The Hall–Kier alpha value is -1.66. The van der Waals surface area contributed by atoms with Crippen molar-refractivity contribution in [2.45, 2.75) is 19.4 Å². The topological polar surface area (TPSA) is 38.1 Å². The van der Waals surface area contributed by atoms with Crippen LogP contribution in [0.3, 0.4) is 0 Å². The quantitative estimate of drug-likeness (QED) is 0.837. The third-order valence-corrected chi connectivity index (χ3v) is 4.53. The van der Waals surface area contributed by atoms with Crippen LogP contribution in [0.1, 0.15) is 21.6 Å². The van der Waals surface area contributed by atoms with Crippen molar-refractivity contribution in [2.24, 2.45) is 0 Å². The van der Waals surface area contributed by atoms with Crippen LogP contribution in [0.2, 0.25) is 10.2 Å². The zero-order chi connectivity index (χ0) is 16.6. The number of hydrogen-bond acceptors (Lipinski definition) is 2. The molecule has 23 heavy (non-hydrogen) atoms. The highest BCUT2D eigenvalue weighted by Crippen LogP contribution is 2.28. The van der Waals surface area contributed by atoms with E-state index in [9.17, 15) is 13.6 Å². The van der Waals surface area contributed by atoms with Crippen LogP contribution < -0.4 is 0 Å². The van der Waals surface area contributed by atoms with Gasteiger partial charge in [-0.3, -0.25) is 4.79 Å². The van der Waals surface area contributed by atoms with Gasteiger partial charge in [0, 0.05) is 17.1 Å². The third-order valence-electron chi connectivity index (χ3n) is 3.74. The summed E-state index contributed by atoms with van der Waals surface area (Å²) in [7, 11) is 0. The second-order valence-electron chi connectivity index (χ2n) is 5.26. The maximum Gasteiger partial charge on any atom is 0.274 e. The molecule has 0 atom stereocenters. The van der Waals surface area contributed by atoms with Crippen molar-refractivity contribution in [2.75, 3.05) is 13.1 Å². The van der Waals surface area contributed by atoms with E-state index in [1.807, 2.05) is 18.2 Å². The van der Waals surface area contributed by atoms with Crippen LogP contribution in [-0.2, 0) is 13.0 Å². The van der Waals surface area contributed by atoms with Gasteiger partial charge in [-0.2, -0.15) is 5.10 Å². The third kappa shape index (κ3) is 3.19. The number of benzene rings is 1. The van der Waals surface area contributed by atoms with Crippen molar-refractivity contribution in [1.29, 1.82) is 0 Å². The van der Waals surface area contributed by atoms with Crippen LogP contribution in [0.15, 0.2) is 24.3 Å². The maximum atomic E-state index is 12.5. The first kappa shape index (κ1) is 16.2. The molecule has 0 spiro atoms. The Morgan fingerprint density at radius 3 is 2.70 bits per heavy atom. The zero-order valence-corrected chi connectivity index (χ0v) is 13.5. The SMILES string of the molecule is O=C1c2nn(Cc3ccccc3Cl)c(Cl)c2CCN1CC(F)F. The van der Waals surface area contributed by atoms with Crippen LogP contribution in [-0.4, -0.2) is 40.1 Å². The Bertz CT molecular complexity index is 748. The predicted octanol–water partition coefficient (Wildman–Crippen LogP) is 3.50. The second-order valence-corrected chi connectivity index (χ2v) is 6.02. The van der Waals surface area contributed by atoms with Gasteiger partial charge in [0.15, 0.2) is 5.69 Å². The zero-order valence-electron chi connectivity index (χ0n) is 12.0. The highest BCUT2D eigenvalue weighted by molar-refractivity contribution is 6.31. The van der Waals surface area contributed by atoms with Gasteiger partial charge < -0.3 is 4.90 Å².